The summed E-state index contributed by atoms with van der Waals surface area (Å²) in [5, 5.41) is -0.191. The van der Waals surface area contributed by atoms with Crippen molar-refractivity contribution < 1.29 is 18.0 Å². The highest BCUT2D eigenvalue weighted by molar-refractivity contribution is 8.00. The van der Waals surface area contributed by atoms with E-state index in [2.05, 4.69) is 4.98 Å². The summed E-state index contributed by atoms with van der Waals surface area (Å²) in [7, 11) is 0. The fourth-order valence-electron chi connectivity index (χ4n) is 2.32. The number of thioether (sulfide) groups is 1. The number of rotatable bonds is 5. The van der Waals surface area contributed by atoms with Crippen LogP contribution in [-0.4, -0.2) is 20.6 Å². The van der Waals surface area contributed by atoms with Crippen LogP contribution in [0.3, 0.4) is 0 Å². The summed E-state index contributed by atoms with van der Waals surface area (Å²) in [4.78, 5) is 16.6. The van der Waals surface area contributed by atoms with E-state index in [1.807, 2.05) is 0 Å². The van der Waals surface area contributed by atoms with Crippen molar-refractivity contribution in [2.75, 3.05) is 0 Å². The normalized spacial score (nSPS) is 12.2. The Balaban J connectivity index is 1.83. The number of aromatic nitrogens is 2. The first-order chi connectivity index (χ1) is 12.0. The van der Waals surface area contributed by atoms with E-state index in [1.165, 1.54) is 18.3 Å². The summed E-state index contributed by atoms with van der Waals surface area (Å²) < 4.78 is 41.8. The van der Waals surface area contributed by atoms with E-state index in [0.29, 0.717) is 16.9 Å². The maximum Gasteiger partial charge on any atom is 0.178 e. The van der Waals surface area contributed by atoms with Gasteiger partial charge >= 0.3 is 0 Å². The highest BCUT2D eigenvalue weighted by Crippen LogP contribution is 2.27. The largest absolute Gasteiger partial charge is 0.295 e. The van der Waals surface area contributed by atoms with Gasteiger partial charge in [-0.15, -0.1) is 0 Å². The van der Waals surface area contributed by atoms with Gasteiger partial charge in [-0.25, -0.2) is 18.2 Å². The van der Waals surface area contributed by atoms with E-state index < -0.39 is 22.7 Å². The van der Waals surface area contributed by atoms with E-state index in [1.54, 1.807) is 29.8 Å². The predicted octanol–water partition coefficient (Wildman–Crippen LogP) is 4.65. The predicted molar refractivity (Wildman–Crippen MR) is 89.5 cm³/mol. The molecule has 25 heavy (non-hydrogen) atoms. The van der Waals surface area contributed by atoms with Gasteiger partial charge in [-0.05, 0) is 37.3 Å². The van der Waals surface area contributed by atoms with Crippen LogP contribution >= 0.6 is 11.8 Å². The van der Waals surface area contributed by atoms with Crippen LogP contribution in [0.1, 0.15) is 17.3 Å². The number of nitrogens with zero attached hydrogens (tertiary/aromatic N) is 2. The lowest BCUT2D eigenvalue weighted by atomic mass is 10.1. The first kappa shape index (κ1) is 17.3. The second-order valence-corrected chi connectivity index (χ2v) is 6.62. The fourth-order valence-corrected chi connectivity index (χ4v) is 3.27. The van der Waals surface area contributed by atoms with Crippen molar-refractivity contribution in [2.45, 2.75) is 17.3 Å². The van der Waals surface area contributed by atoms with Gasteiger partial charge in [0.05, 0.1) is 16.5 Å². The Labute approximate surface area is 146 Å². The van der Waals surface area contributed by atoms with Crippen molar-refractivity contribution in [1.29, 1.82) is 0 Å². The molecule has 1 atom stereocenters. The van der Waals surface area contributed by atoms with Gasteiger partial charge in [-0.3, -0.25) is 9.36 Å². The van der Waals surface area contributed by atoms with Gasteiger partial charge in [-0.2, -0.15) is 0 Å². The second-order valence-electron chi connectivity index (χ2n) is 5.31. The molecular formula is C18H13F3N2OS. The van der Waals surface area contributed by atoms with Crippen LogP contribution in [0.25, 0.3) is 5.69 Å². The van der Waals surface area contributed by atoms with Crippen LogP contribution in [0.5, 0.6) is 0 Å². The standard InChI is InChI=1S/C18H13F3N2OS/c1-11(17(24)15-6-5-13(20)10-16(15)21)25-18-22-7-8-23(18)14-4-2-3-12(19)9-14/h2-11H,1H3. The first-order valence-corrected chi connectivity index (χ1v) is 8.29. The number of Topliss-reactive ketones (excluding diaryl/α,β-unsaturated/α-hetero) is 1. The van der Waals surface area contributed by atoms with Gasteiger partial charge in [0.15, 0.2) is 10.9 Å². The molecule has 7 heteroatoms. The average molecular weight is 362 g/mol. The Kier molecular flexibility index (Phi) is 4.94. The molecule has 0 aliphatic rings. The van der Waals surface area contributed by atoms with Gasteiger partial charge < -0.3 is 0 Å². The van der Waals surface area contributed by atoms with Gasteiger partial charge in [0.2, 0.25) is 0 Å². The SMILES string of the molecule is CC(Sc1nccn1-c1cccc(F)c1)C(=O)c1ccc(F)cc1F. The van der Waals surface area contributed by atoms with Crippen LogP contribution in [0, 0.1) is 17.5 Å². The third kappa shape index (κ3) is 3.76. The minimum absolute atomic E-state index is 0.176. The van der Waals surface area contributed by atoms with Gasteiger partial charge in [0.25, 0.3) is 0 Å². The number of hydrogen-bond acceptors (Lipinski definition) is 3. The summed E-state index contributed by atoms with van der Waals surface area (Å²) in [5.74, 6) is -2.50. The van der Waals surface area contributed by atoms with E-state index in [-0.39, 0.29) is 11.4 Å². The zero-order chi connectivity index (χ0) is 18.0. The second kappa shape index (κ2) is 7.14. The van der Waals surface area contributed by atoms with Gasteiger partial charge in [0.1, 0.15) is 17.5 Å². The van der Waals surface area contributed by atoms with Crippen LogP contribution in [-0.2, 0) is 0 Å². The molecule has 0 aliphatic heterocycles. The Bertz CT molecular complexity index is 926. The average Bonchev–Trinajstić information content (AvgIpc) is 3.02. The van der Waals surface area contributed by atoms with Crippen LogP contribution in [0.2, 0.25) is 0 Å². The minimum Gasteiger partial charge on any atom is -0.295 e. The number of ketones is 1. The lowest BCUT2D eigenvalue weighted by Crippen LogP contribution is -2.16. The van der Waals surface area contributed by atoms with Crippen molar-refractivity contribution in [3.8, 4) is 5.69 Å². The lowest BCUT2D eigenvalue weighted by Gasteiger charge is -2.12. The molecule has 0 bridgehead atoms. The molecule has 128 valence electrons. The molecule has 0 saturated carbocycles. The maximum atomic E-state index is 13.8. The van der Waals surface area contributed by atoms with Crippen LogP contribution in [0.4, 0.5) is 13.2 Å². The highest BCUT2D eigenvalue weighted by Gasteiger charge is 2.22. The Morgan fingerprint density at radius 3 is 2.60 bits per heavy atom. The van der Waals surface area contributed by atoms with Gasteiger partial charge in [-0.1, -0.05) is 17.8 Å². The highest BCUT2D eigenvalue weighted by atomic mass is 32.2. The molecule has 1 heterocycles. The molecule has 2 aromatic carbocycles. The molecule has 0 radical (unpaired) electrons. The minimum atomic E-state index is -0.897. The fraction of sp³-hybridized carbons (Fsp3) is 0.111. The lowest BCUT2D eigenvalue weighted by molar-refractivity contribution is 0.0990. The summed E-state index contributed by atoms with van der Waals surface area (Å²) in [6, 6.07) is 8.81. The monoisotopic (exact) mass is 362 g/mol. The molecule has 3 aromatic rings. The third-order valence-electron chi connectivity index (χ3n) is 3.54. The quantitative estimate of drug-likeness (QED) is 0.489. The summed E-state index contributed by atoms with van der Waals surface area (Å²) in [6.07, 6.45) is 3.18. The molecule has 0 amide bonds. The van der Waals surface area contributed by atoms with Crippen molar-refractivity contribution >= 4 is 17.5 Å². The van der Waals surface area contributed by atoms with E-state index >= 15 is 0 Å². The zero-order valence-electron chi connectivity index (χ0n) is 13.1. The van der Waals surface area contributed by atoms with E-state index in [0.717, 1.165) is 23.9 Å². The Hall–Kier alpha value is -2.54. The number of carbonyl (C=O) groups excluding carboxylic acids is 1. The van der Waals surface area contributed by atoms with Crippen molar-refractivity contribution in [1.82, 2.24) is 9.55 Å². The molecule has 3 nitrogen and oxygen atoms in total. The molecule has 0 saturated heterocycles. The number of carbonyl (C=O) groups is 1. The molecular weight excluding hydrogens is 349 g/mol. The number of halogens is 3. The summed E-state index contributed by atoms with van der Waals surface area (Å²) in [5.41, 5.74) is 0.387. The first-order valence-electron chi connectivity index (χ1n) is 7.41. The molecule has 0 fully saturated rings. The number of hydrogen-bond donors (Lipinski definition) is 0. The molecule has 1 aromatic heterocycles. The summed E-state index contributed by atoms with van der Waals surface area (Å²) in [6.45, 7) is 1.61. The maximum absolute atomic E-state index is 13.8. The Morgan fingerprint density at radius 2 is 1.88 bits per heavy atom. The molecule has 1 unspecified atom stereocenters. The smallest absolute Gasteiger partial charge is 0.178 e. The number of imidazole rings is 1. The number of benzene rings is 2. The van der Waals surface area contributed by atoms with E-state index in [9.17, 15) is 18.0 Å². The molecule has 3 rings (SSSR count). The molecule has 0 spiro atoms. The van der Waals surface area contributed by atoms with Crippen molar-refractivity contribution in [2.24, 2.45) is 0 Å². The third-order valence-corrected chi connectivity index (χ3v) is 4.62. The zero-order valence-corrected chi connectivity index (χ0v) is 13.9. The topological polar surface area (TPSA) is 34.9 Å². The van der Waals surface area contributed by atoms with Crippen molar-refractivity contribution in [3.63, 3.8) is 0 Å². The molecule has 0 aliphatic carbocycles. The molecule has 0 N–H and O–H groups in total. The van der Waals surface area contributed by atoms with Crippen molar-refractivity contribution in [3.05, 3.63) is 77.9 Å². The van der Waals surface area contributed by atoms with Gasteiger partial charge in [0, 0.05) is 18.5 Å². The van der Waals surface area contributed by atoms with Crippen LogP contribution < -0.4 is 0 Å². The Morgan fingerprint density at radius 1 is 1.12 bits per heavy atom. The van der Waals surface area contributed by atoms with E-state index in [4.69, 9.17) is 0 Å². The summed E-state index contributed by atoms with van der Waals surface area (Å²) >= 11 is 1.11. The van der Waals surface area contributed by atoms with Crippen LogP contribution in [0.15, 0.2) is 60.0 Å².